The molecule has 0 saturated carbocycles. The Kier molecular flexibility index (Phi) is 22.5. The van der Waals surface area contributed by atoms with Gasteiger partial charge >= 0.3 is 18.1 Å². The zero-order chi connectivity index (χ0) is 74.6. The van der Waals surface area contributed by atoms with Crippen LogP contribution in [0.4, 0.5) is 14.4 Å². The molecule has 6 aromatic rings. The van der Waals surface area contributed by atoms with E-state index in [2.05, 4.69) is 188 Å². The van der Waals surface area contributed by atoms with Crippen LogP contribution in [0.15, 0.2) is 114 Å². The van der Waals surface area contributed by atoms with Crippen molar-refractivity contribution >= 4 is 18.1 Å². The standard InChI is InChI=1S/C30H39N3O3.C27H37N5O3.C27H36N4O3.CH4/c1-7-33-29(34)32-19-24-16-25(35-5)17-26(36-6)28(24)22(4)15-27(32)30(33)8-10-31(11-9-30)18-23-13-20(2)12-21(3)14-23;1-7-32-26(33)31-17-20-13-22(34-5)14-23(35-6)25(20)18(2)12-24(31)27(32)8-10-30(11-9-27)16-21-15-29(4)28-19(21)3;1-6-31-26(32)30-17-20-15-22(33-4)16-23(34-5)25(20)19(2)14-24(30)27(31)9-12-29(13-10-27)18-21-8-7-11-28(21)3;/h12-17,22H,7-11,18-19H2,1-6H3;12-15,18H,7-11,16-17H2,1-6H3;7-8,11,14-16,19H,6,9-10,12-13,17-18H2,1-5H3;1H4/t22-;18-;19-;/m000./s1. The van der Waals surface area contributed by atoms with E-state index < -0.39 is 0 Å². The highest BCUT2D eigenvalue weighted by Gasteiger charge is 2.58. The van der Waals surface area contributed by atoms with E-state index in [1.54, 1.807) is 42.7 Å². The molecule has 2 aromatic heterocycles. The number of benzene rings is 4. The zero-order valence-electron chi connectivity index (χ0n) is 65.4. The first-order chi connectivity index (χ1) is 50.5. The number of piperidine rings is 3. The zero-order valence-corrected chi connectivity index (χ0v) is 65.4. The first-order valence-corrected chi connectivity index (χ1v) is 38.0. The first kappa shape index (κ1) is 76.7. The van der Waals surface area contributed by atoms with Gasteiger partial charge in [0.25, 0.3) is 0 Å². The van der Waals surface area contributed by atoms with Gasteiger partial charge in [-0.25, -0.2) is 14.4 Å². The summed E-state index contributed by atoms with van der Waals surface area (Å²) in [6.45, 7) is 31.7. The van der Waals surface area contributed by atoms with Gasteiger partial charge in [-0.05, 0) is 133 Å². The summed E-state index contributed by atoms with van der Waals surface area (Å²) in [6, 6.07) is 23.5. The van der Waals surface area contributed by atoms with Crippen molar-refractivity contribution in [2.45, 2.75) is 182 Å². The number of nitrogens with zero attached hydrogens (tertiary/aromatic N) is 12. The van der Waals surface area contributed by atoms with Crippen molar-refractivity contribution in [3.63, 3.8) is 0 Å². The van der Waals surface area contributed by atoms with Gasteiger partial charge in [-0.2, -0.15) is 5.10 Å². The first-order valence-electron chi connectivity index (χ1n) is 38.0. The van der Waals surface area contributed by atoms with Crippen LogP contribution in [-0.2, 0) is 53.4 Å². The largest absolute Gasteiger partial charge is 0.497 e. The molecule has 21 heteroatoms. The summed E-state index contributed by atoms with van der Waals surface area (Å²) in [6.07, 6.45) is 16.8. The van der Waals surface area contributed by atoms with Gasteiger partial charge in [0.05, 0.1) is 84.6 Å². The summed E-state index contributed by atoms with van der Waals surface area (Å²) in [7, 11) is 14.2. The molecule has 6 fully saturated rings. The number of hydrogen-bond acceptors (Lipinski definition) is 13. The van der Waals surface area contributed by atoms with Crippen molar-refractivity contribution < 1.29 is 42.8 Å². The van der Waals surface area contributed by atoms with Crippen LogP contribution in [-0.4, -0.2) is 195 Å². The maximum absolute atomic E-state index is 13.8. The van der Waals surface area contributed by atoms with Crippen LogP contribution in [0, 0.1) is 20.8 Å². The number of hydrogen-bond donors (Lipinski definition) is 0. The van der Waals surface area contributed by atoms with E-state index in [1.807, 2.05) is 44.6 Å². The van der Waals surface area contributed by atoms with Gasteiger partial charge in [0.1, 0.15) is 34.5 Å². The summed E-state index contributed by atoms with van der Waals surface area (Å²) in [5, 5.41) is 4.50. The van der Waals surface area contributed by atoms with E-state index in [0.717, 1.165) is 177 Å². The number of aryl methyl sites for hydroxylation is 5. The van der Waals surface area contributed by atoms with E-state index in [9.17, 15) is 14.4 Å². The molecule has 11 heterocycles. The molecule has 9 aliphatic heterocycles. The van der Waals surface area contributed by atoms with Gasteiger partial charge in [-0.15, -0.1) is 0 Å². The van der Waals surface area contributed by atoms with Crippen molar-refractivity contribution in [1.82, 2.24) is 58.4 Å². The Morgan fingerprint density at radius 3 is 1.11 bits per heavy atom. The minimum Gasteiger partial charge on any atom is -0.497 e. The number of carbonyl (C=O) groups excluding carboxylic acids is 3. The predicted octanol–water partition coefficient (Wildman–Crippen LogP) is 14.6. The molecule has 106 heavy (non-hydrogen) atoms. The number of ether oxygens (including phenoxy) is 6. The van der Waals surface area contributed by atoms with Gasteiger partial charge < -0.3 is 47.7 Å². The number of amides is 6. The monoisotopic (exact) mass is 1450 g/mol. The molecule has 4 aromatic carbocycles. The molecule has 9 aliphatic rings. The van der Waals surface area contributed by atoms with Gasteiger partial charge in [0.2, 0.25) is 0 Å². The number of fused-ring (bicyclic) bond motifs is 9. The molecule has 0 aliphatic carbocycles. The van der Waals surface area contributed by atoms with Crippen LogP contribution in [0.1, 0.15) is 172 Å². The highest BCUT2D eigenvalue weighted by atomic mass is 16.5. The molecule has 0 bridgehead atoms. The second-order valence-electron chi connectivity index (χ2n) is 30.5. The third-order valence-corrected chi connectivity index (χ3v) is 24.4. The lowest BCUT2D eigenvalue weighted by atomic mass is 9.82. The number of likely N-dealkylation sites (tertiary alicyclic amines) is 3. The highest BCUT2D eigenvalue weighted by molar-refractivity contribution is 5.85. The Labute approximate surface area is 629 Å². The Balaban J connectivity index is 0.000000148. The third kappa shape index (κ3) is 13.8. The lowest BCUT2D eigenvalue weighted by Crippen LogP contribution is -2.53. The molecule has 0 N–H and O–H groups in total. The van der Waals surface area contributed by atoms with Crippen molar-refractivity contribution in [1.29, 1.82) is 0 Å². The molecule has 0 radical (unpaired) electrons. The van der Waals surface area contributed by atoms with Gasteiger partial charge in [0, 0.05) is 186 Å². The van der Waals surface area contributed by atoms with E-state index in [1.165, 1.54) is 39.3 Å². The van der Waals surface area contributed by atoms with Gasteiger partial charge in [-0.1, -0.05) is 75.8 Å². The lowest BCUT2D eigenvalue weighted by Gasteiger charge is -2.44. The van der Waals surface area contributed by atoms with Crippen molar-refractivity contribution in [2.24, 2.45) is 14.1 Å². The van der Waals surface area contributed by atoms with Crippen LogP contribution < -0.4 is 28.4 Å². The fourth-order valence-electron chi connectivity index (χ4n) is 19.4. The number of urea groups is 3. The normalized spacial score (nSPS) is 21.3. The molecule has 3 spiro atoms. The highest BCUT2D eigenvalue weighted by Crippen LogP contribution is 2.53. The molecule has 0 unspecified atom stereocenters. The Bertz CT molecular complexity index is 4310. The van der Waals surface area contributed by atoms with Crippen molar-refractivity contribution in [2.75, 3.05) is 102 Å². The van der Waals surface area contributed by atoms with Crippen molar-refractivity contribution in [3.05, 3.63) is 181 Å². The van der Waals surface area contributed by atoms with E-state index >= 15 is 0 Å². The molecular formula is C85H116N12O9. The minimum atomic E-state index is -0.264. The van der Waals surface area contributed by atoms with Gasteiger partial charge in [0.15, 0.2) is 0 Å². The van der Waals surface area contributed by atoms with Crippen LogP contribution in [0.2, 0.25) is 0 Å². The average molecular weight is 1450 g/mol. The van der Waals surface area contributed by atoms with Crippen LogP contribution in [0.25, 0.3) is 0 Å². The molecule has 21 nitrogen and oxygen atoms in total. The maximum atomic E-state index is 13.8. The number of rotatable bonds is 15. The Morgan fingerprint density at radius 2 is 0.811 bits per heavy atom. The van der Waals surface area contributed by atoms with E-state index in [0.29, 0.717) is 39.3 Å². The molecule has 3 atom stereocenters. The molecule has 6 amide bonds. The van der Waals surface area contributed by atoms with Gasteiger partial charge in [-0.3, -0.25) is 34.1 Å². The summed E-state index contributed by atoms with van der Waals surface area (Å²) in [5.41, 5.74) is 17.2. The Morgan fingerprint density at radius 1 is 0.462 bits per heavy atom. The summed E-state index contributed by atoms with van der Waals surface area (Å²) in [5.74, 6) is 5.14. The maximum Gasteiger partial charge on any atom is 0.325 e. The number of allylic oxidation sites excluding steroid dienone is 3. The summed E-state index contributed by atoms with van der Waals surface area (Å²) < 4.78 is 38.0. The minimum absolute atomic E-state index is 0. The van der Waals surface area contributed by atoms with Crippen LogP contribution >= 0.6 is 0 Å². The number of aromatic nitrogens is 3. The summed E-state index contributed by atoms with van der Waals surface area (Å²) in [4.78, 5) is 61.3. The summed E-state index contributed by atoms with van der Waals surface area (Å²) >= 11 is 0. The molecule has 6 saturated heterocycles. The lowest BCUT2D eigenvalue weighted by molar-refractivity contribution is 0.0877. The smallest absolute Gasteiger partial charge is 0.325 e. The van der Waals surface area contributed by atoms with Crippen LogP contribution in [0.3, 0.4) is 0 Å². The molecule has 570 valence electrons. The van der Waals surface area contributed by atoms with Crippen molar-refractivity contribution in [3.8, 4) is 34.5 Å². The predicted molar refractivity (Wildman–Crippen MR) is 416 cm³/mol. The topological polar surface area (TPSA) is 158 Å². The number of likely N-dealkylation sites (N-methyl/N-ethyl adjacent to an activating group) is 3. The molecular weight excluding hydrogens is 1330 g/mol. The SMILES string of the molecule is C.CCN1C(=O)N2Cc3cc(OC)cc(OC)c3[C@@H](C)C=C2C12CCN(Cc1cc(C)cc(C)c1)CC2.CCN1C(=O)N2Cc3cc(OC)cc(OC)c3[C@@H](C)C=C2C12CCN(Cc1cccn1C)CC2.CCN1C(=O)N2Cc3cc(OC)cc(OC)c3[C@@H](C)C=C2C12CCN(Cc1cn(C)nc1C)CC2. The third-order valence-electron chi connectivity index (χ3n) is 24.4. The van der Waals surface area contributed by atoms with Crippen LogP contribution in [0.5, 0.6) is 34.5 Å². The van der Waals surface area contributed by atoms with E-state index in [4.69, 9.17) is 28.4 Å². The molecule has 15 rings (SSSR count). The second-order valence-corrected chi connectivity index (χ2v) is 30.5. The Hall–Kier alpha value is -8.92. The van der Waals surface area contributed by atoms with E-state index in [-0.39, 0.29) is 59.9 Å². The average Bonchev–Trinajstić information content (AvgIpc) is 1.58. The fraction of sp³-hybridized carbons (Fsp3) is 0.529. The quantitative estimate of drug-likeness (QED) is 0.0957. The fourth-order valence-corrected chi connectivity index (χ4v) is 19.4. The number of carbonyl (C=O) groups is 3. The second kappa shape index (κ2) is 31.1. The number of methoxy groups -OCH3 is 6.